The van der Waals surface area contributed by atoms with E-state index in [1.54, 1.807) is 0 Å². The number of carbonyl (C=O) groups excluding carboxylic acids is 2. The van der Waals surface area contributed by atoms with Crippen molar-refractivity contribution in [3.8, 4) is 0 Å². The van der Waals surface area contributed by atoms with Gasteiger partial charge in [-0.15, -0.1) is 0 Å². The molecule has 0 atom stereocenters. The van der Waals surface area contributed by atoms with Crippen molar-refractivity contribution in [2.45, 2.75) is 45.4 Å². The van der Waals surface area contributed by atoms with Gasteiger partial charge in [0.25, 0.3) is 0 Å². The van der Waals surface area contributed by atoms with Gasteiger partial charge in [-0.1, -0.05) is 6.07 Å². The molecule has 1 aliphatic heterocycles. The molecule has 160 valence electrons. The van der Waals surface area contributed by atoms with Crippen LogP contribution in [0.5, 0.6) is 0 Å². The number of ketones is 1. The standard InChI is InChI=1S/C23H27NO5S/c1-15-13-16(2)18(4)22(17(15)3)21(25)14-29-23(26)19-7-9-20(10-8-19)30(27,28)24-11-5-6-12-24/h7-10,13H,5-6,11-12,14H2,1-4H3. The number of aryl methyl sites for hydroxylation is 2. The first-order valence-corrected chi connectivity index (χ1v) is 11.4. The molecule has 0 N–H and O–H groups in total. The summed E-state index contributed by atoms with van der Waals surface area (Å²) < 4.78 is 31.8. The highest BCUT2D eigenvalue weighted by atomic mass is 32.2. The summed E-state index contributed by atoms with van der Waals surface area (Å²) in [5.41, 5.74) is 4.60. The van der Waals surface area contributed by atoms with Gasteiger partial charge in [-0.05, 0) is 87.1 Å². The molecule has 1 heterocycles. The zero-order valence-electron chi connectivity index (χ0n) is 17.8. The summed E-state index contributed by atoms with van der Waals surface area (Å²) in [5, 5.41) is 0. The van der Waals surface area contributed by atoms with Crippen LogP contribution in [-0.4, -0.2) is 44.2 Å². The quantitative estimate of drug-likeness (QED) is 0.516. The minimum atomic E-state index is -3.53. The van der Waals surface area contributed by atoms with Crippen LogP contribution in [0.1, 0.15) is 55.8 Å². The maximum atomic E-state index is 12.7. The Morgan fingerprint density at radius 2 is 1.47 bits per heavy atom. The van der Waals surface area contributed by atoms with Crippen LogP contribution in [-0.2, 0) is 14.8 Å². The minimum Gasteiger partial charge on any atom is -0.454 e. The van der Waals surface area contributed by atoms with E-state index in [4.69, 9.17) is 4.74 Å². The summed E-state index contributed by atoms with van der Waals surface area (Å²) in [6.45, 7) is 8.34. The molecule has 0 unspecified atom stereocenters. The highest BCUT2D eigenvalue weighted by molar-refractivity contribution is 7.89. The highest BCUT2D eigenvalue weighted by Gasteiger charge is 2.27. The lowest BCUT2D eigenvalue weighted by Gasteiger charge is -2.15. The number of hydrogen-bond donors (Lipinski definition) is 0. The predicted molar refractivity (Wildman–Crippen MR) is 114 cm³/mol. The molecule has 0 aromatic heterocycles. The van der Waals surface area contributed by atoms with Gasteiger partial charge >= 0.3 is 5.97 Å². The highest BCUT2D eigenvalue weighted by Crippen LogP contribution is 2.23. The molecule has 0 spiro atoms. The van der Waals surface area contributed by atoms with Crippen molar-refractivity contribution in [2.24, 2.45) is 0 Å². The fourth-order valence-electron chi connectivity index (χ4n) is 3.76. The van der Waals surface area contributed by atoms with E-state index in [2.05, 4.69) is 0 Å². The third-order valence-corrected chi connectivity index (χ3v) is 7.68. The van der Waals surface area contributed by atoms with Gasteiger partial charge in [0.05, 0.1) is 10.5 Å². The molecular weight excluding hydrogens is 402 g/mol. The second-order valence-electron chi connectivity index (χ2n) is 7.77. The SMILES string of the molecule is Cc1cc(C)c(C)c(C(=O)COC(=O)c2ccc(S(=O)(=O)N3CCCC3)cc2)c1C. The van der Waals surface area contributed by atoms with E-state index < -0.39 is 16.0 Å². The predicted octanol–water partition coefficient (Wildman–Crippen LogP) is 3.74. The maximum Gasteiger partial charge on any atom is 0.338 e. The van der Waals surface area contributed by atoms with E-state index in [9.17, 15) is 18.0 Å². The lowest BCUT2D eigenvalue weighted by Crippen LogP contribution is -2.27. The topological polar surface area (TPSA) is 80.8 Å². The summed E-state index contributed by atoms with van der Waals surface area (Å²) >= 11 is 0. The zero-order valence-corrected chi connectivity index (χ0v) is 18.6. The molecule has 2 aromatic carbocycles. The van der Waals surface area contributed by atoms with Crippen LogP contribution in [0.3, 0.4) is 0 Å². The van der Waals surface area contributed by atoms with E-state index in [1.165, 1.54) is 28.6 Å². The number of sulfonamides is 1. The van der Waals surface area contributed by atoms with Gasteiger partial charge in [-0.2, -0.15) is 4.31 Å². The lowest BCUT2D eigenvalue weighted by molar-refractivity contribution is 0.0474. The second kappa shape index (κ2) is 8.70. The molecule has 1 saturated heterocycles. The maximum absolute atomic E-state index is 12.7. The normalized spacial score (nSPS) is 14.7. The Morgan fingerprint density at radius 1 is 0.933 bits per heavy atom. The van der Waals surface area contributed by atoms with Crippen LogP contribution in [0, 0.1) is 27.7 Å². The Bertz CT molecular complexity index is 1060. The lowest BCUT2D eigenvalue weighted by atomic mass is 9.92. The van der Waals surface area contributed by atoms with Gasteiger partial charge in [0, 0.05) is 18.7 Å². The first-order valence-electron chi connectivity index (χ1n) is 10.0. The molecule has 6 nitrogen and oxygen atoms in total. The Morgan fingerprint density at radius 3 is 2.00 bits per heavy atom. The molecule has 0 bridgehead atoms. The van der Waals surface area contributed by atoms with Crippen molar-refractivity contribution < 1.29 is 22.7 Å². The molecule has 7 heteroatoms. The molecule has 1 fully saturated rings. The molecule has 1 aliphatic rings. The van der Waals surface area contributed by atoms with Crippen LogP contribution in [0.25, 0.3) is 0 Å². The smallest absolute Gasteiger partial charge is 0.338 e. The third-order valence-electron chi connectivity index (χ3n) is 5.77. The molecule has 0 amide bonds. The van der Waals surface area contributed by atoms with E-state index in [0.29, 0.717) is 18.7 Å². The van der Waals surface area contributed by atoms with Crippen molar-refractivity contribution in [1.82, 2.24) is 4.31 Å². The number of benzene rings is 2. The number of rotatable bonds is 6. The van der Waals surface area contributed by atoms with Gasteiger partial charge in [0.15, 0.2) is 6.61 Å². The van der Waals surface area contributed by atoms with Gasteiger partial charge in [0.2, 0.25) is 15.8 Å². The molecule has 0 radical (unpaired) electrons. The first kappa shape index (κ1) is 22.2. The average Bonchev–Trinajstić information content (AvgIpc) is 3.26. The average molecular weight is 430 g/mol. The van der Waals surface area contributed by atoms with E-state index in [-0.39, 0.29) is 22.8 Å². The van der Waals surface area contributed by atoms with Crippen LogP contribution >= 0.6 is 0 Å². The van der Waals surface area contributed by atoms with E-state index in [1.807, 2.05) is 33.8 Å². The Balaban J connectivity index is 1.69. The largest absolute Gasteiger partial charge is 0.454 e. The fraction of sp³-hybridized carbons (Fsp3) is 0.391. The van der Waals surface area contributed by atoms with Crippen LogP contribution < -0.4 is 0 Å². The number of carbonyl (C=O) groups is 2. The number of ether oxygens (including phenoxy) is 1. The van der Waals surface area contributed by atoms with E-state index in [0.717, 1.165) is 35.1 Å². The molecule has 3 rings (SSSR count). The Labute approximate surface area is 177 Å². The van der Waals surface area contributed by atoms with Gasteiger partial charge in [-0.3, -0.25) is 4.79 Å². The van der Waals surface area contributed by atoms with Crippen LogP contribution in [0.4, 0.5) is 0 Å². The zero-order chi connectivity index (χ0) is 22.1. The van der Waals surface area contributed by atoms with E-state index >= 15 is 0 Å². The van der Waals surface area contributed by atoms with Crippen molar-refractivity contribution in [2.75, 3.05) is 19.7 Å². The molecule has 30 heavy (non-hydrogen) atoms. The molecule has 0 saturated carbocycles. The summed E-state index contributed by atoms with van der Waals surface area (Å²) in [7, 11) is -3.53. The Kier molecular flexibility index (Phi) is 6.43. The molecular formula is C23H27NO5S. The summed E-state index contributed by atoms with van der Waals surface area (Å²) in [6, 6.07) is 7.69. The minimum absolute atomic E-state index is 0.151. The van der Waals surface area contributed by atoms with Crippen molar-refractivity contribution in [1.29, 1.82) is 0 Å². The number of nitrogens with zero attached hydrogens (tertiary/aromatic N) is 1. The third kappa shape index (κ3) is 4.32. The van der Waals surface area contributed by atoms with Crippen molar-refractivity contribution >= 4 is 21.8 Å². The first-order chi connectivity index (χ1) is 14.1. The van der Waals surface area contributed by atoms with Gasteiger partial charge < -0.3 is 4.74 Å². The van der Waals surface area contributed by atoms with Crippen LogP contribution in [0.15, 0.2) is 35.2 Å². The Hall–Kier alpha value is -2.51. The number of esters is 1. The van der Waals surface area contributed by atoms with Crippen LogP contribution in [0.2, 0.25) is 0 Å². The van der Waals surface area contributed by atoms with Gasteiger partial charge in [-0.25, -0.2) is 13.2 Å². The summed E-state index contributed by atoms with van der Waals surface area (Å²) in [5.74, 6) is -0.911. The van der Waals surface area contributed by atoms with Crippen molar-refractivity contribution in [3.05, 3.63) is 63.7 Å². The molecule has 2 aromatic rings. The fourth-order valence-corrected chi connectivity index (χ4v) is 5.28. The number of Topliss-reactive ketones (excluding diaryl/α,β-unsaturated/α-hetero) is 1. The summed E-state index contributed by atoms with van der Waals surface area (Å²) in [4.78, 5) is 25.2. The molecule has 0 aliphatic carbocycles. The second-order valence-corrected chi connectivity index (χ2v) is 9.71. The monoisotopic (exact) mass is 429 g/mol. The van der Waals surface area contributed by atoms with Gasteiger partial charge in [0.1, 0.15) is 0 Å². The van der Waals surface area contributed by atoms with Crippen molar-refractivity contribution in [3.63, 3.8) is 0 Å². The number of hydrogen-bond acceptors (Lipinski definition) is 5. The summed E-state index contributed by atoms with van der Waals surface area (Å²) in [6.07, 6.45) is 1.72.